The normalized spacial score (nSPS) is 12.5. The molecule has 1 amide bonds. The van der Waals surface area contributed by atoms with E-state index >= 15 is 0 Å². The first-order chi connectivity index (χ1) is 9.88. The van der Waals surface area contributed by atoms with Gasteiger partial charge in [0.15, 0.2) is 0 Å². The first kappa shape index (κ1) is 17.4. The van der Waals surface area contributed by atoms with E-state index < -0.39 is 12.7 Å². The second-order valence-corrected chi connectivity index (χ2v) is 5.25. The summed E-state index contributed by atoms with van der Waals surface area (Å²) in [6, 6.07) is 6.16. The van der Waals surface area contributed by atoms with Gasteiger partial charge in [-0.25, -0.2) is 0 Å². The van der Waals surface area contributed by atoms with Crippen LogP contribution in [0, 0.1) is 5.92 Å². The number of para-hydroxylation sites is 1. The predicted octanol–water partition coefficient (Wildman–Crippen LogP) is 2.35. The Kier molecular flexibility index (Phi) is 7.08. The molecule has 2 N–H and O–H groups in total. The Hall–Kier alpha value is -1.69. The molecule has 1 rings (SSSR count). The van der Waals surface area contributed by atoms with Gasteiger partial charge in [0.25, 0.3) is 0 Å². The van der Waals surface area contributed by atoms with Crippen LogP contribution in [-0.2, 0) is 11.2 Å². The maximum absolute atomic E-state index is 12.3. The van der Waals surface area contributed by atoms with Crippen LogP contribution in [-0.4, -0.2) is 30.3 Å². The van der Waals surface area contributed by atoms with Crippen LogP contribution >= 0.6 is 0 Å². The van der Waals surface area contributed by atoms with Crippen molar-refractivity contribution in [2.45, 2.75) is 39.4 Å². The number of hydrogen-bond donors (Lipinski definition) is 2. The molecule has 0 aromatic heterocycles. The molecule has 0 saturated heterocycles. The summed E-state index contributed by atoms with van der Waals surface area (Å²) in [6.07, 6.45) is -0.0932. The molecule has 21 heavy (non-hydrogen) atoms. The number of carbonyl (C=O) groups excluding carboxylic acids is 1. The minimum absolute atomic E-state index is 0.00891. The van der Waals surface area contributed by atoms with Crippen molar-refractivity contribution in [3.63, 3.8) is 0 Å². The molecular formula is C15H21F2NO3. The Bertz CT molecular complexity index is 452. The fraction of sp³-hybridized carbons (Fsp3) is 0.533. The van der Waals surface area contributed by atoms with Gasteiger partial charge in [-0.05, 0) is 18.4 Å². The topological polar surface area (TPSA) is 58.6 Å². The van der Waals surface area contributed by atoms with Gasteiger partial charge in [-0.1, -0.05) is 32.0 Å². The van der Waals surface area contributed by atoms with Crippen molar-refractivity contribution in [1.29, 1.82) is 0 Å². The van der Waals surface area contributed by atoms with Crippen LogP contribution in [0.25, 0.3) is 0 Å². The molecule has 118 valence electrons. The molecule has 0 aliphatic carbocycles. The molecule has 1 unspecified atom stereocenters. The summed E-state index contributed by atoms with van der Waals surface area (Å²) in [5.74, 6) is -0.0226. The Morgan fingerprint density at radius 2 is 2.00 bits per heavy atom. The Labute approximate surface area is 123 Å². The van der Waals surface area contributed by atoms with E-state index in [2.05, 4.69) is 10.1 Å². The molecule has 0 radical (unpaired) electrons. The average molecular weight is 301 g/mol. The van der Waals surface area contributed by atoms with Gasteiger partial charge >= 0.3 is 6.61 Å². The molecule has 0 fully saturated rings. The fourth-order valence-corrected chi connectivity index (χ4v) is 1.96. The molecule has 1 atom stereocenters. The van der Waals surface area contributed by atoms with Crippen LogP contribution in [0.15, 0.2) is 24.3 Å². The number of nitrogens with one attached hydrogen (secondary N) is 1. The number of alkyl halides is 2. The zero-order chi connectivity index (χ0) is 15.8. The summed E-state index contributed by atoms with van der Waals surface area (Å²) >= 11 is 0. The average Bonchev–Trinajstić information content (AvgIpc) is 2.37. The van der Waals surface area contributed by atoms with E-state index in [0.717, 1.165) is 0 Å². The van der Waals surface area contributed by atoms with E-state index in [-0.39, 0.29) is 24.6 Å². The number of halogens is 2. The first-order valence-corrected chi connectivity index (χ1v) is 6.86. The summed E-state index contributed by atoms with van der Waals surface area (Å²) < 4.78 is 28.9. The highest BCUT2D eigenvalue weighted by atomic mass is 19.3. The summed E-state index contributed by atoms with van der Waals surface area (Å²) in [5.41, 5.74) is 0.383. The van der Waals surface area contributed by atoms with Crippen LogP contribution in [0.1, 0.15) is 25.8 Å². The standard InChI is InChI=1S/C15H21F2NO3/c1-10(2)7-12(19)9-18-14(20)8-11-5-3-4-6-13(11)21-15(16)17/h3-6,10,12,15,19H,7-9H2,1-2H3,(H,18,20). The minimum Gasteiger partial charge on any atom is -0.435 e. The maximum atomic E-state index is 12.3. The molecule has 0 spiro atoms. The molecule has 0 aliphatic rings. The SMILES string of the molecule is CC(C)CC(O)CNC(=O)Cc1ccccc1OC(F)F. The molecule has 0 aliphatic heterocycles. The van der Waals surface area contributed by atoms with Gasteiger partial charge in [-0.15, -0.1) is 0 Å². The van der Waals surface area contributed by atoms with Crippen molar-refractivity contribution < 1.29 is 23.4 Å². The molecule has 6 heteroatoms. The van der Waals surface area contributed by atoms with Crippen molar-refractivity contribution in [3.05, 3.63) is 29.8 Å². The van der Waals surface area contributed by atoms with Crippen molar-refractivity contribution >= 4 is 5.91 Å². The second kappa shape index (κ2) is 8.56. The smallest absolute Gasteiger partial charge is 0.387 e. The van der Waals surface area contributed by atoms with Crippen LogP contribution in [0.5, 0.6) is 5.75 Å². The van der Waals surface area contributed by atoms with Gasteiger partial charge in [0, 0.05) is 12.1 Å². The van der Waals surface area contributed by atoms with E-state index in [1.807, 2.05) is 13.8 Å². The number of amides is 1. The van der Waals surface area contributed by atoms with Gasteiger partial charge in [-0.3, -0.25) is 4.79 Å². The van der Waals surface area contributed by atoms with Crippen molar-refractivity contribution in [2.24, 2.45) is 5.92 Å². The van der Waals surface area contributed by atoms with Crippen LogP contribution in [0.2, 0.25) is 0 Å². The number of hydrogen-bond acceptors (Lipinski definition) is 3. The highest BCUT2D eigenvalue weighted by molar-refractivity contribution is 5.79. The van der Waals surface area contributed by atoms with E-state index in [1.165, 1.54) is 6.07 Å². The number of aliphatic hydroxyl groups is 1. The maximum Gasteiger partial charge on any atom is 0.387 e. The van der Waals surface area contributed by atoms with Crippen LogP contribution < -0.4 is 10.1 Å². The number of aliphatic hydroxyl groups excluding tert-OH is 1. The summed E-state index contributed by atoms with van der Waals surface area (Å²) in [4.78, 5) is 11.8. The molecule has 0 saturated carbocycles. The molecule has 4 nitrogen and oxygen atoms in total. The first-order valence-electron chi connectivity index (χ1n) is 6.86. The lowest BCUT2D eigenvalue weighted by Gasteiger charge is -2.14. The largest absolute Gasteiger partial charge is 0.435 e. The lowest BCUT2D eigenvalue weighted by molar-refractivity contribution is -0.121. The Morgan fingerprint density at radius 3 is 2.62 bits per heavy atom. The van der Waals surface area contributed by atoms with Gasteiger partial charge < -0.3 is 15.2 Å². The third-order valence-corrected chi connectivity index (χ3v) is 2.82. The Balaban J connectivity index is 2.51. The van der Waals surface area contributed by atoms with Crippen LogP contribution in [0.3, 0.4) is 0 Å². The number of carbonyl (C=O) groups is 1. The van der Waals surface area contributed by atoms with E-state index in [4.69, 9.17) is 0 Å². The van der Waals surface area contributed by atoms with Crippen molar-refractivity contribution in [2.75, 3.05) is 6.54 Å². The molecule has 0 heterocycles. The number of rotatable bonds is 8. The van der Waals surface area contributed by atoms with E-state index in [0.29, 0.717) is 17.9 Å². The molecule has 1 aromatic rings. The zero-order valence-corrected chi connectivity index (χ0v) is 12.2. The quantitative estimate of drug-likeness (QED) is 0.775. The van der Waals surface area contributed by atoms with Crippen molar-refractivity contribution in [3.8, 4) is 5.75 Å². The lowest BCUT2D eigenvalue weighted by atomic mass is 10.1. The lowest BCUT2D eigenvalue weighted by Crippen LogP contribution is -2.33. The highest BCUT2D eigenvalue weighted by Crippen LogP contribution is 2.20. The summed E-state index contributed by atoms with van der Waals surface area (Å²) in [7, 11) is 0. The molecule has 1 aromatic carbocycles. The fourth-order valence-electron chi connectivity index (χ4n) is 1.96. The third-order valence-electron chi connectivity index (χ3n) is 2.82. The van der Waals surface area contributed by atoms with Gasteiger partial charge in [-0.2, -0.15) is 8.78 Å². The Morgan fingerprint density at radius 1 is 1.33 bits per heavy atom. The van der Waals surface area contributed by atoms with Gasteiger partial charge in [0.2, 0.25) is 5.91 Å². The monoisotopic (exact) mass is 301 g/mol. The summed E-state index contributed by atoms with van der Waals surface area (Å²) in [6.45, 7) is 1.17. The molecular weight excluding hydrogens is 280 g/mol. The van der Waals surface area contributed by atoms with Gasteiger partial charge in [0.05, 0.1) is 12.5 Å². The van der Waals surface area contributed by atoms with Crippen LogP contribution in [0.4, 0.5) is 8.78 Å². The van der Waals surface area contributed by atoms with Crippen molar-refractivity contribution in [1.82, 2.24) is 5.32 Å². The van der Waals surface area contributed by atoms with Gasteiger partial charge in [0.1, 0.15) is 5.75 Å². The number of ether oxygens (including phenoxy) is 1. The highest BCUT2D eigenvalue weighted by Gasteiger charge is 2.13. The predicted molar refractivity (Wildman–Crippen MR) is 75.2 cm³/mol. The number of benzene rings is 1. The van der Waals surface area contributed by atoms with E-state index in [9.17, 15) is 18.7 Å². The zero-order valence-electron chi connectivity index (χ0n) is 12.2. The molecule has 0 bridgehead atoms. The third kappa shape index (κ3) is 7.04. The summed E-state index contributed by atoms with van der Waals surface area (Å²) in [5, 5.41) is 12.3. The van der Waals surface area contributed by atoms with E-state index in [1.54, 1.807) is 18.2 Å². The minimum atomic E-state index is -2.93. The second-order valence-electron chi connectivity index (χ2n) is 5.25.